The average molecular weight is 299 g/mol. The highest BCUT2D eigenvalue weighted by molar-refractivity contribution is 7.99. The molecule has 2 rings (SSSR count). The summed E-state index contributed by atoms with van der Waals surface area (Å²) in [5, 5.41) is 3.77. The van der Waals surface area contributed by atoms with Crippen molar-refractivity contribution >= 4 is 11.8 Å². The van der Waals surface area contributed by atoms with Gasteiger partial charge in [-0.3, -0.25) is 4.90 Å². The molecule has 0 aromatic heterocycles. The third-order valence-corrected chi connectivity index (χ3v) is 6.42. The number of thioether (sulfide) groups is 1. The lowest BCUT2D eigenvalue weighted by Gasteiger charge is -2.42. The molecule has 2 aliphatic rings. The minimum atomic E-state index is 0.773. The van der Waals surface area contributed by atoms with Gasteiger partial charge in [0.2, 0.25) is 0 Å². The zero-order valence-corrected chi connectivity index (χ0v) is 14.6. The second-order valence-corrected chi connectivity index (χ2v) is 7.96. The van der Waals surface area contributed by atoms with Crippen LogP contribution in [0.4, 0.5) is 0 Å². The van der Waals surface area contributed by atoms with Crippen LogP contribution in [0.15, 0.2) is 0 Å². The highest BCUT2D eigenvalue weighted by Crippen LogP contribution is 2.33. The SMILES string of the molecule is CCCC1CCC(NCC)C(CN2CCSCC2C)C1. The quantitative estimate of drug-likeness (QED) is 0.806. The molecule has 0 aromatic carbocycles. The molecule has 1 N–H and O–H groups in total. The molecule has 1 saturated heterocycles. The maximum absolute atomic E-state index is 3.77. The number of rotatable bonds is 6. The lowest BCUT2D eigenvalue weighted by Crippen LogP contribution is -2.49. The summed E-state index contributed by atoms with van der Waals surface area (Å²) in [7, 11) is 0. The molecule has 4 atom stereocenters. The molecule has 0 spiro atoms. The Hall–Kier alpha value is 0.270. The Morgan fingerprint density at radius 3 is 2.80 bits per heavy atom. The summed E-state index contributed by atoms with van der Waals surface area (Å²) in [6.45, 7) is 10.8. The fourth-order valence-electron chi connectivity index (χ4n) is 4.10. The smallest absolute Gasteiger partial charge is 0.0158 e. The van der Waals surface area contributed by atoms with Gasteiger partial charge in [-0.2, -0.15) is 11.8 Å². The fraction of sp³-hybridized carbons (Fsp3) is 1.00. The summed E-state index contributed by atoms with van der Waals surface area (Å²) < 4.78 is 0. The molecule has 118 valence electrons. The molecule has 1 aliphatic carbocycles. The Balaban J connectivity index is 1.91. The third-order valence-electron chi connectivity index (χ3n) is 5.23. The molecule has 1 saturated carbocycles. The van der Waals surface area contributed by atoms with E-state index in [1.165, 1.54) is 56.7 Å². The van der Waals surface area contributed by atoms with E-state index >= 15 is 0 Å². The fourth-order valence-corrected chi connectivity index (χ4v) is 5.18. The van der Waals surface area contributed by atoms with Crippen molar-refractivity contribution in [1.29, 1.82) is 0 Å². The van der Waals surface area contributed by atoms with Crippen molar-refractivity contribution in [3.8, 4) is 0 Å². The monoisotopic (exact) mass is 298 g/mol. The maximum Gasteiger partial charge on any atom is 0.0158 e. The molecule has 1 aliphatic heterocycles. The molecule has 2 fully saturated rings. The van der Waals surface area contributed by atoms with Crippen LogP contribution in [0.1, 0.15) is 52.9 Å². The van der Waals surface area contributed by atoms with Crippen LogP contribution in [0, 0.1) is 11.8 Å². The predicted octanol–water partition coefficient (Wildman–Crippen LogP) is 3.62. The van der Waals surface area contributed by atoms with Crippen molar-refractivity contribution < 1.29 is 0 Å². The van der Waals surface area contributed by atoms with Crippen molar-refractivity contribution in [3.05, 3.63) is 0 Å². The Labute approximate surface area is 130 Å². The van der Waals surface area contributed by atoms with E-state index < -0.39 is 0 Å². The zero-order chi connectivity index (χ0) is 14.4. The molecule has 0 amide bonds. The largest absolute Gasteiger partial charge is 0.314 e. The summed E-state index contributed by atoms with van der Waals surface area (Å²) in [5.41, 5.74) is 0. The van der Waals surface area contributed by atoms with Crippen LogP contribution in [-0.4, -0.2) is 48.1 Å². The Morgan fingerprint density at radius 2 is 2.10 bits per heavy atom. The minimum absolute atomic E-state index is 0.773. The number of nitrogens with zero attached hydrogens (tertiary/aromatic N) is 1. The lowest BCUT2D eigenvalue weighted by molar-refractivity contribution is 0.121. The lowest BCUT2D eigenvalue weighted by atomic mass is 9.76. The molecule has 3 heteroatoms. The Morgan fingerprint density at radius 1 is 1.25 bits per heavy atom. The van der Waals surface area contributed by atoms with Crippen LogP contribution in [0.25, 0.3) is 0 Å². The van der Waals surface area contributed by atoms with E-state index in [0.29, 0.717) is 0 Å². The van der Waals surface area contributed by atoms with Crippen molar-refractivity contribution in [2.24, 2.45) is 11.8 Å². The van der Waals surface area contributed by atoms with Gasteiger partial charge in [-0.05, 0) is 44.6 Å². The number of nitrogens with one attached hydrogen (secondary N) is 1. The summed E-state index contributed by atoms with van der Waals surface area (Å²) in [6, 6.07) is 1.55. The van der Waals surface area contributed by atoms with E-state index in [1.54, 1.807) is 0 Å². The van der Waals surface area contributed by atoms with Crippen molar-refractivity contribution in [2.45, 2.75) is 65.0 Å². The highest BCUT2D eigenvalue weighted by atomic mass is 32.2. The average Bonchev–Trinajstić information content (AvgIpc) is 2.45. The van der Waals surface area contributed by atoms with Crippen molar-refractivity contribution in [1.82, 2.24) is 10.2 Å². The molecule has 0 bridgehead atoms. The van der Waals surface area contributed by atoms with Gasteiger partial charge in [0.1, 0.15) is 0 Å². The van der Waals surface area contributed by atoms with E-state index in [0.717, 1.165) is 30.5 Å². The Kier molecular flexibility index (Phi) is 7.20. The van der Waals surface area contributed by atoms with Gasteiger partial charge in [-0.25, -0.2) is 0 Å². The summed E-state index contributed by atoms with van der Waals surface area (Å²) in [6.07, 6.45) is 7.12. The van der Waals surface area contributed by atoms with Crippen LogP contribution in [0.2, 0.25) is 0 Å². The van der Waals surface area contributed by atoms with Crippen LogP contribution < -0.4 is 5.32 Å². The molecule has 1 heterocycles. The van der Waals surface area contributed by atoms with Gasteiger partial charge in [0.15, 0.2) is 0 Å². The van der Waals surface area contributed by atoms with Gasteiger partial charge in [0, 0.05) is 36.7 Å². The van der Waals surface area contributed by atoms with Crippen LogP contribution in [-0.2, 0) is 0 Å². The molecule has 0 radical (unpaired) electrons. The third kappa shape index (κ3) is 4.64. The molecule has 0 aromatic rings. The summed E-state index contributed by atoms with van der Waals surface area (Å²) in [5.74, 6) is 4.54. The molecule has 20 heavy (non-hydrogen) atoms. The summed E-state index contributed by atoms with van der Waals surface area (Å²) >= 11 is 2.13. The molecule has 4 unspecified atom stereocenters. The molecular weight excluding hydrogens is 264 g/mol. The first kappa shape index (κ1) is 16.6. The standard InChI is InChI=1S/C17H34N2S/c1-4-6-15-7-8-17(18-5-2)16(11-15)12-19-9-10-20-13-14(19)3/h14-18H,4-13H2,1-3H3. The van der Waals surface area contributed by atoms with Gasteiger partial charge in [0.25, 0.3) is 0 Å². The summed E-state index contributed by atoms with van der Waals surface area (Å²) in [4.78, 5) is 2.76. The Bertz CT molecular complexity index is 272. The first-order valence-electron chi connectivity index (χ1n) is 8.79. The van der Waals surface area contributed by atoms with Crippen LogP contribution in [0.3, 0.4) is 0 Å². The first-order valence-corrected chi connectivity index (χ1v) is 9.95. The van der Waals surface area contributed by atoms with Gasteiger partial charge in [-0.15, -0.1) is 0 Å². The number of hydrogen-bond acceptors (Lipinski definition) is 3. The molecule has 2 nitrogen and oxygen atoms in total. The minimum Gasteiger partial charge on any atom is -0.314 e. The van der Waals surface area contributed by atoms with Crippen LogP contribution in [0.5, 0.6) is 0 Å². The van der Waals surface area contributed by atoms with Gasteiger partial charge >= 0.3 is 0 Å². The van der Waals surface area contributed by atoms with E-state index in [2.05, 4.69) is 42.7 Å². The van der Waals surface area contributed by atoms with E-state index in [1.807, 2.05) is 0 Å². The zero-order valence-electron chi connectivity index (χ0n) is 13.7. The molecular formula is C17H34N2S. The van der Waals surface area contributed by atoms with Crippen molar-refractivity contribution in [3.63, 3.8) is 0 Å². The maximum atomic E-state index is 3.77. The van der Waals surface area contributed by atoms with Gasteiger partial charge in [-0.1, -0.05) is 26.7 Å². The van der Waals surface area contributed by atoms with Gasteiger partial charge < -0.3 is 5.32 Å². The van der Waals surface area contributed by atoms with E-state index in [4.69, 9.17) is 0 Å². The second kappa shape index (κ2) is 8.65. The topological polar surface area (TPSA) is 15.3 Å². The second-order valence-electron chi connectivity index (χ2n) is 6.81. The van der Waals surface area contributed by atoms with E-state index in [-0.39, 0.29) is 0 Å². The van der Waals surface area contributed by atoms with E-state index in [9.17, 15) is 0 Å². The highest BCUT2D eigenvalue weighted by Gasteiger charge is 2.32. The van der Waals surface area contributed by atoms with Gasteiger partial charge in [0.05, 0.1) is 0 Å². The first-order chi connectivity index (χ1) is 9.74. The van der Waals surface area contributed by atoms with Crippen LogP contribution >= 0.6 is 11.8 Å². The number of hydrogen-bond donors (Lipinski definition) is 1. The van der Waals surface area contributed by atoms with Crippen molar-refractivity contribution in [2.75, 3.05) is 31.1 Å². The predicted molar refractivity (Wildman–Crippen MR) is 91.6 cm³/mol. The normalized spacial score (nSPS) is 36.1.